The second-order valence-corrected chi connectivity index (χ2v) is 6.20. The second kappa shape index (κ2) is 6.86. The summed E-state index contributed by atoms with van der Waals surface area (Å²) < 4.78 is 13.7. The molecule has 2 aromatic carbocycles. The molecule has 1 fully saturated rings. The molecule has 8 heteroatoms. The molecule has 3 rings (SSSR count). The number of carbonyl (C=O) groups excluding carboxylic acids is 2. The van der Waals surface area contributed by atoms with Crippen molar-refractivity contribution in [3.63, 3.8) is 0 Å². The monoisotopic (exact) mass is 358 g/mol. The molecule has 6 nitrogen and oxygen atoms in total. The van der Waals surface area contributed by atoms with Crippen LogP contribution in [0.3, 0.4) is 0 Å². The smallest absolute Gasteiger partial charge is 0.268 e. The van der Waals surface area contributed by atoms with E-state index >= 15 is 0 Å². The topological polar surface area (TPSA) is 80.5 Å². The lowest BCUT2D eigenvalue weighted by Gasteiger charge is -2.12. The molecule has 1 aliphatic heterocycles. The molecule has 0 unspecified atom stereocenters. The van der Waals surface area contributed by atoms with Crippen molar-refractivity contribution in [1.82, 2.24) is 4.90 Å². The quantitative estimate of drug-likeness (QED) is 0.469. The number of rotatable bonds is 4. The highest BCUT2D eigenvalue weighted by Crippen LogP contribution is 2.33. The van der Waals surface area contributed by atoms with Gasteiger partial charge >= 0.3 is 0 Å². The molecule has 1 aliphatic rings. The van der Waals surface area contributed by atoms with Crippen LogP contribution in [0.4, 0.5) is 14.9 Å². The van der Waals surface area contributed by atoms with Gasteiger partial charge in [0.25, 0.3) is 16.8 Å². The Balaban J connectivity index is 1.81. The summed E-state index contributed by atoms with van der Waals surface area (Å²) in [6.07, 6.45) is 1.48. The summed E-state index contributed by atoms with van der Waals surface area (Å²) in [6.45, 7) is -0.144. The molecular formula is C17H11FN2O4S. The zero-order valence-corrected chi connectivity index (χ0v) is 13.5. The van der Waals surface area contributed by atoms with E-state index in [-0.39, 0.29) is 22.7 Å². The number of carbonyl (C=O) groups is 2. The molecule has 0 bridgehead atoms. The highest BCUT2D eigenvalue weighted by molar-refractivity contribution is 8.18. The third kappa shape index (κ3) is 3.58. The van der Waals surface area contributed by atoms with Crippen LogP contribution in [0.2, 0.25) is 0 Å². The van der Waals surface area contributed by atoms with Crippen LogP contribution in [-0.2, 0) is 11.3 Å². The normalized spacial score (nSPS) is 15.9. The van der Waals surface area contributed by atoms with Crippen molar-refractivity contribution >= 4 is 34.7 Å². The van der Waals surface area contributed by atoms with Crippen molar-refractivity contribution in [3.05, 3.63) is 80.5 Å². The number of nitro benzene ring substituents is 1. The molecule has 1 saturated heterocycles. The molecule has 0 N–H and O–H groups in total. The lowest BCUT2D eigenvalue weighted by atomic mass is 10.2. The van der Waals surface area contributed by atoms with E-state index in [0.29, 0.717) is 5.56 Å². The number of nitro groups is 1. The van der Waals surface area contributed by atoms with Crippen LogP contribution in [0.5, 0.6) is 0 Å². The van der Waals surface area contributed by atoms with Gasteiger partial charge in [-0.25, -0.2) is 4.39 Å². The third-order valence-electron chi connectivity index (χ3n) is 3.56. The Labute approximate surface area is 146 Å². The summed E-state index contributed by atoms with van der Waals surface area (Å²) in [4.78, 5) is 35.7. The average Bonchev–Trinajstić information content (AvgIpc) is 2.85. The molecule has 126 valence electrons. The molecule has 0 radical (unpaired) electrons. The van der Waals surface area contributed by atoms with Crippen LogP contribution in [0.1, 0.15) is 11.1 Å². The van der Waals surface area contributed by atoms with Crippen molar-refractivity contribution in [1.29, 1.82) is 0 Å². The van der Waals surface area contributed by atoms with Gasteiger partial charge in [0.1, 0.15) is 5.82 Å². The summed E-state index contributed by atoms with van der Waals surface area (Å²) in [5, 5.41) is 10.2. The highest BCUT2D eigenvalue weighted by Gasteiger charge is 2.35. The van der Waals surface area contributed by atoms with Crippen molar-refractivity contribution in [2.75, 3.05) is 0 Å². The summed E-state index contributed by atoms with van der Waals surface area (Å²) >= 11 is 0.754. The fourth-order valence-corrected chi connectivity index (χ4v) is 3.12. The first-order valence-corrected chi connectivity index (χ1v) is 8.00. The molecular weight excluding hydrogens is 347 g/mol. The first-order chi connectivity index (χ1) is 12.0. The highest BCUT2D eigenvalue weighted by atomic mass is 32.2. The van der Waals surface area contributed by atoms with Crippen molar-refractivity contribution in [2.45, 2.75) is 6.54 Å². The van der Waals surface area contributed by atoms with Gasteiger partial charge in [-0.1, -0.05) is 18.2 Å². The Morgan fingerprint density at radius 2 is 1.80 bits per heavy atom. The van der Waals surface area contributed by atoms with E-state index in [1.807, 2.05) is 0 Å². The largest absolute Gasteiger partial charge is 0.293 e. The van der Waals surface area contributed by atoms with Crippen LogP contribution in [0, 0.1) is 15.9 Å². The first-order valence-electron chi connectivity index (χ1n) is 7.19. The van der Waals surface area contributed by atoms with Gasteiger partial charge in [-0.2, -0.15) is 0 Å². The van der Waals surface area contributed by atoms with Gasteiger partial charge < -0.3 is 0 Å². The molecule has 0 spiro atoms. The van der Waals surface area contributed by atoms with Crippen LogP contribution in [0.25, 0.3) is 6.08 Å². The fraction of sp³-hybridized carbons (Fsp3) is 0.0588. The Hall–Kier alpha value is -3.00. The standard InChI is InChI=1S/C17H11FN2O4S/c18-14-4-2-1-3-12(14)10-19-16(21)15(25-17(19)22)9-11-5-7-13(8-6-11)20(23)24/h1-9H,10H2/b15-9+. The van der Waals surface area contributed by atoms with Crippen LogP contribution in [-0.4, -0.2) is 21.0 Å². The van der Waals surface area contributed by atoms with E-state index in [4.69, 9.17) is 0 Å². The van der Waals surface area contributed by atoms with E-state index in [1.54, 1.807) is 6.07 Å². The molecule has 0 aromatic heterocycles. The summed E-state index contributed by atoms with van der Waals surface area (Å²) in [5.74, 6) is -1.00. The second-order valence-electron chi connectivity index (χ2n) is 5.21. The van der Waals surface area contributed by atoms with Gasteiger partial charge in [0, 0.05) is 17.7 Å². The van der Waals surface area contributed by atoms with E-state index in [2.05, 4.69) is 0 Å². The molecule has 2 aromatic rings. The average molecular weight is 358 g/mol. The zero-order chi connectivity index (χ0) is 18.0. The van der Waals surface area contributed by atoms with E-state index in [9.17, 15) is 24.1 Å². The van der Waals surface area contributed by atoms with Crippen LogP contribution >= 0.6 is 11.8 Å². The van der Waals surface area contributed by atoms with E-state index < -0.39 is 21.9 Å². The fourth-order valence-electron chi connectivity index (χ4n) is 2.28. The number of hydrogen-bond donors (Lipinski definition) is 0. The number of non-ortho nitro benzene ring substituents is 1. The Morgan fingerprint density at radius 1 is 1.12 bits per heavy atom. The lowest BCUT2D eigenvalue weighted by molar-refractivity contribution is -0.384. The van der Waals surface area contributed by atoms with Gasteiger partial charge in [-0.3, -0.25) is 24.6 Å². The molecule has 1 heterocycles. The lowest BCUT2D eigenvalue weighted by Crippen LogP contribution is -2.27. The summed E-state index contributed by atoms with van der Waals surface area (Å²) in [5.41, 5.74) is 0.744. The molecule has 0 atom stereocenters. The summed E-state index contributed by atoms with van der Waals surface area (Å²) in [6, 6.07) is 11.5. The van der Waals surface area contributed by atoms with Crippen molar-refractivity contribution < 1.29 is 18.9 Å². The first kappa shape index (κ1) is 16.8. The maximum Gasteiger partial charge on any atom is 0.293 e. The minimum absolute atomic E-state index is 0.0650. The maximum atomic E-state index is 13.7. The van der Waals surface area contributed by atoms with Gasteiger partial charge in [-0.05, 0) is 41.6 Å². The Morgan fingerprint density at radius 3 is 2.44 bits per heavy atom. The number of hydrogen-bond acceptors (Lipinski definition) is 5. The third-order valence-corrected chi connectivity index (χ3v) is 4.47. The molecule has 0 aliphatic carbocycles. The Bertz CT molecular complexity index is 896. The minimum Gasteiger partial charge on any atom is -0.268 e. The minimum atomic E-state index is -0.522. The van der Waals surface area contributed by atoms with E-state index in [1.165, 1.54) is 48.5 Å². The number of amides is 2. The number of thioether (sulfide) groups is 1. The number of halogens is 1. The number of nitrogens with zero attached hydrogens (tertiary/aromatic N) is 2. The SMILES string of the molecule is O=C1S/C(=C/c2ccc([N+](=O)[O-])cc2)C(=O)N1Cc1ccccc1F. The predicted octanol–water partition coefficient (Wildman–Crippen LogP) is 3.97. The molecule has 25 heavy (non-hydrogen) atoms. The molecule has 2 amide bonds. The summed E-state index contributed by atoms with van der Waals surface area (Å²) in [7, 11) is 0. The zero-order valence-electron chi connectivity index (χ0n) is 12.7. The number of benzene rings is 2. The van der Waals surface area contributed by atoms with Crippen molar-refractivity contribution in [2.24, 2.45) is 0 Å². The molecule has 0 saturated carbocycles. The van der Waals surface area contributed by atoms with Crippen molar-refractivity contribution in [3.8, 4) is 0 Å². The van der Waals surface area contributed by atoms with Crippen LogP contribution < -0.4 is 0 Å². The van der Waals surface area contributed by atoms with Gasteiger partial charge in [0.05, 0.1) is 16.4 Å². The predicted molar refractivity (Wildman–Crippen MR) is 91.0 cm³/mol. The van der Waals surface area contributed by atoms with Gasteiger partial charge in [0.2, 0.25) is 0 Å². The van der Waals surface area contributed by atoms with Crippen LogP contribution in [0.15, 0.2) is 53.4 Å². The number of imide groups is 1. The van der Waals surface area contributed by atoms with E-state index in [0.717, 1.165) is 16.7 Å². The van der Waals surface area contributed by atoms with Gasteiger partial charge in [-0.15, -0.1) is 0 Å². The Kier molecular flexibility index (Phi) is 4.62. The maximum absolute atomic E-state index is 13.7. The van der Waals surface area contributed by atoms with Gasteiger partial charge in [0.15, 0.2) is 0 Å².